The van der Waals surface area contributed by atoms with Crippen LogP contribution in [0.3, 0.4) is 0 Å². The van der Waals surface area contributed by atoms with Crippen molar-refractivity contribution in [1.82, 2.24) is 21.3 Å². The number of nitrogens with zero attached hydrogens (tertiary/aromatic N) is 1. The van der Waals surface area contributed by atoms with Crippen molar-refractivity contribution < 1.29 is 43.3 Å². The second kappa shape index (κ2) is 15.0. The lowest BCUT2D eigenvalue weighted by molar-refractivity contribution is -0.463. The monoisotopic (exact) mass is 548 g/mol. The molecule has 3 rings (SSSR count). The van der Waals surface area contributed by atoms with Crippen molar-refractivity contribution >= 4 is 35.6 Å². The smallest absolute Gasteiger partial charge is 0.341 e. The van der Waals surface area contributed by atoms with E-state index in [4.69, 9.17) is 14.5 Å². The maximum Gasteiger partial charge on any atom is 0.351 e. The molecule has 0 saturated carbocycles. The molecule has 0 aliphatic heterocycles. The summed E-state index contributed by atoms with van der Waals surface area (Å²) in [6.45, 7) is -2.06. The van der Waals surface area contributed by atoms with Gasteiger partial charge in [0.05, 0.1) is 0 Å². The minimum atomic E-state index is -1.17. The molecule has 3 N–H and O–H groups in total. The van der Waals surface area contributed by atoms with E-state index in [0.717, 1.165) is 0 Å². The molecule has 13 nitrogen and oxygen atoms in total. The molecule has 13 heteroatoms. The average molecular weight is 549 g/mol. The van der Waals surface area contributed by atoms with Gasteiger partial charge in [0.15, 0.2) is 0 Å². The third-order valence-corrected chi connectivity index (χ3v) is 4.82. The van der Waals surface area contributed by atoms with E-state index < -0.39 is 55.3 Å². The predicted molar refractivity (Wildman–Crippen MR) is 136 cm³/mol. The van der Waals surface area contributed by atoms with Gasteiger partial charge in [-0.2, -0.15) is 0 Å². The number of rotatable bonds is 12. The zero-order chi connectivity index (χ0) is 28.7. The number of hydrogen-bond donors (Lipinski definition) is 3. The van der Waals surface area contributed by atoms with Crippen LogP contribution in [0.4, 0.5) is 0 Å². The minimum Gasteiger partial charge on any atom is -0.341 e. The van der Waals surface area contributed by atoms with Crippen molar-refractivity contribution in [2.24, 2.45) is 0 Å². The minimum absolute atomic E-state index is 0.176. The molecule has 0 bridgehead atoms. The molecule has 0 aliphatic carbocycles. The predicted octanol–water partition coefficient (Wildman–Crippen LogP) is 0.953. The van der Waals surface area contributed by atoms with Gasteiger partial charge in [0.1, 0.15) is 19.6 Å². The fourth-order valence-corrected chi connectivity index (χ4v) is 2.93. The lowest BCUT2D eigenvalue weighted by atomic mass is 10.2. The van der Waals surface area contributed by atoms with Crippen LogP contribution in [0.1, 0.15) is 31.1 Å². The maximum absolute atomic E-state index is 12.3. The van der Waals surface area contributed by atoms with Crippen molar-refractivity contribution in [3.05, 3.63) is 108 Å². The number of benzene rings is 3. The standard InChI is InChI=1S/C27H24N4O9/c32-22(16-28-25(35)19-10-4-1-5-11-19)38-31(39-23(33)17-29-26(36)20-12-6-2-7-13-20)40-24(34)18-30-27(37)21-14-8-3-9-15-21/h1-15H,16-18H2,(H,28,35)(H,29,36)(H,30,37). The summed E-state index contributed by atoms with van der Waals surface area (Å²) < 4.78 is 0. The quantitative estimate of drug-likeness (QED) is 0.277. The molecule has 0 unspecified atom stereocenters. The van der Waals surface area contributed by atoms with Crippen molar-refractivity contribution in [1.29, 1.82) is 0 Å². The zero-order valence-corrected chi connectivity index (χ0v) is 20.9. The van der Waals surface area contributed by atoms with Crippen LogP contribution in [0.2, 0.25) is 0 Å². The van der Waals surface area contributed by atoms with Gasteiger partial charge in [0, 0.05) is 16.7 Å². The molecular formula is C27H24N4O9. The SMILES string of the molecule is O=C(CNC(=O)c1ccccc1)ON(OC(=O)CNC(=O)c1ccccc1)OC(=O)CNC(=O)c1ccccc1. The summed E-state index contributed by atoms with van der Waals surface area (Å²) in [5, 5.41) is 6.70. The molecule has 0 fully saturated rings. The van der Waals surface area contributed by atoms with Gasteiger partial charge in [-0.25, -0.2) is 14.4 Å². The first-order valence-electron chi connectivity index (χ1n) is 11.7. The lowest BCUT2D eigenvalue weighted by Crippen LogP contribution is -2.41. The second-order valence-electron chi connectivity index (χ2n) is 7.76. The molecule has 3 aromatic rings. The van der Waals surface area contributed by atoms with Crippen molar-refractivity contribution in [3.8, 4) is 0 Å². The summed E-state index contributed by atoms with van der Waals surface area (Å²) in [5.74, 6) is -5.30. The summed E-state index contributed by atoms with van der Waals surface area (Å²) in [5.41, 5.74) is 0.815. The highest BCUT2D eigenvalue weighted by Gasteiger charge is 2.24. The number of carbonyl (C=O) groups excluding carboxylic acids is 6. The number of nitrogens with one attached hydrogen (secondary N) is 3. The Bertz CT molecular complexity index is 1170. The Morgan fingerprint density at radius 1 is 0.450 bits per heavy atom. The largest absolute Gasteiger partial charge is 0.351 e. The van der Waals surface area contributed by atoms with Gasteiger partial charge in [-0.15, -0.1) is 0 Å². The van der Waals surface area contributed by atoms with Crippen LogP contribution in [-0.2, 0) is 28.9 Å². The Morgan fingerprint density at radius 3 is 0.950 bits per heavy atom. The first-order chi connectivity index (χ1) is 19.3. The van der Waals surface area contributed by atoms with Crippen LogP contribution < -0.4 is 16.0 Å². The van der Waals surface area contributed by atoms with Gasteiger partial charge < -0.3 is 16.0 Å². The summed E-state index contributed by atoms with van der Waals surface area (Å²) in [6, 6.07) is 24.0. The molecule has 0 aromatic heterocycles. The highest BCUT2D eigenvalue weighted by molar-refractivity contribution is 5.97. The Hall–Kier alpha value is -5.56. The highest BCUT2D eigenvalue weighted by atomic mass is 17.2. The topological polar surface area (TPSA) is 169 Å². The molecule has 206 valence electrons. The van der Waals surface area contributed by atoms with Crippen LogP contribution in [0.5, 0.6) is 0 Å². The van der Waals surface area contributed by atoms with E-state index in [-0.39, 0.29) is 22.1 Å². The average Bonchev–Trinajstić information content (AvgIpc) is 2.98. The molecule has 40 heavy (non-hydrogen) atoms. The maximum atomic E-state index is 12.3. The normalized spacial score (nSPS) is 10.1. The fraction of sp³-hybridized carbons (Fsp3) is 0.111. The molecule has 0 aliphatic rings. The number of hydrogen-bond acceptors (Lipinski definition) is 10. The first kappa shape index (κ1) is 29.0. The van der Waals surface area contributed by atoms with Crippen LogP contribution in [0.25, 0.3) is 0 Å². The highest BCUT2D eigenvalue weighted by Crippen LogP contribution is 2.02. The molecular weight excluding hydrogens is 524 g/mol. The van der Waals surface area contributed by atoms with Crippen molar-refractivity contribution in [3.63, 3.8) is 0 Å². The van der Waals surface area contributed by atoms with E-state index in [0.29, 0.717) is 0 Å². The lowest BCUT2D eigenvalue weighted by Gasteiger charge is -2.18. The van der Waals surface area contributed by atoms with Crippen molar-refractivity contribution in [2.75, 3.05) is 19.6 Å². The van der Waals surface area contributed by atoms with Crippen LogP contribution in [0.15, 0.2) is 91.0 Å². The van der Waals surface area contributed by atoms with Gasteiger partial charge in [0.2, 0.25) is 5.39 Å². The van der Waals surface area contributed by atoms with Gasteiger partial charge in [-0.1, -0.05) is 54.6 Å². The van der Waals surface area contributed by atoms with Gasteiger partial charge in [0.25, 0.3) is 17.7 Å². The van der Waals surface area contributed by atoms with E-state index in [2.05, 4.69) is 16.0 Å². The Morgan fingerprint density at radius 2 is 0.700 bits per heavy atom. The molecule has 0 spiro atoms. The number of carbonyl (C=O) groups is 6. The van der Waals surface area contributed by atoms with E-state index in [9.17, 15) is 28.8 Å². The van der Waals surface area contributed by atoms with Crippen LogP contribution in [-0.4, -0.2) is 60.7 Å². The third kappa shape index (κ3) is 9.72. The summed E-state index contributed by atoms with van der Waals surface area (Å²) >= 11 is 0. The zero-order valence-electron chi connectivity index (χ0n) is 20.9. The Labute approximate surface area is 227 Å². The Kier molecular flexibility index (Phi) is 10.9. The molecule has 0 radical (unpaired) electrons. The van der Waals surface area contributed by atoms with Crippen LogP contribution >= 0.6 is 0 Å². The Balaban J connectivity index is 1.55. The second-order valence-corrected chi connectivity index (χ2v) is 7.76. The molecule has 0 saturated heterocycles. The summed E-state index contributed by atoms with van der Waals surface area (Å²) in [6.07, 6.45) is 0. The third-order valence-electron chi connectivity index (χ3n) is 4.82. The molecule has 0 atom stereocenters. The molecule has 3 aromatic carbocycles. The van der Waals surface area contributed by atoms with Crippen LogP contribution in [0, 0.1) is 0 Å². The fourth-order valence-electron chi connectivity index (χ4n) is 2.93. The van der Waals surface area contributed by atoms with E-state index >= 15 is 0 Å². The van der Waals surface area contributed by atoms with E-state index in [1.807, 2.05) is 0 Å². The molecule has 0 heterocycles. The summed E-state index contributed by atoms with van der Waals surface area (Å²) in [7, 11) is 0. The van der Waals surface area contributed by atoms with E-state index in [1.165, 1.54) is 36.4 Å². The summed E-state index contributed by atoms with van der Waals surface area (Å²) in [4.78, 5) is 87.4. The number of amides is 3. The van der Waals surface area contributed by atoms with E-state index in [1.54, 1.807) is 54.6 Å². The van der Waals surface area contributed by atoms with Gasteiger partial charge in [-0.05, 0) is 36.4 Å². The van der Waals surface area contributed by atoms with Gasteiger partial charge >= 0.3 is 17.9 Å². The van der Waals surface area contributed by atoms with Gasteiger partial charge in [-0.3, -0.25) is 28.9 Å². The van der Waals surface area contributed by atoms with Crippen molar-refractivity contribution in [2.45, 2.75) is 0 Å². The first-order valence-corrected chi connectivity index (χ1v) is 11.7. The molecule has 3 amide bonds.